The van der Waals surface area contributed by atoms with E-state index < -0.39 is 0 Å². The summed E-state index contributed by atoms with van der Waals surface area (Å²) < 4.78 is 15.8. The van der Waals surface area contributed by atoms with Crippen LogP contribution in [0.5, 0.6) is 17.2 Å². The molecule has 2 aromatic heterocycles. The van der Waals surface area contributed by atoms with Gasteiger partial charge in [-0.15, -0.1) is 0 Å². The molecule has 1 N–H and O–H groups in total. The van der Waals surface area contributed by atoms with Gasteiger partial charge >= 0.3 is 0 Å². The van der Waals surface area contributed by atoms with Crippen molar-refractivity contribution < 1.29 is 19.1 Å². The third-order valence-electron chi connectivity index (χ3n) is 3.18. The molecule has 0 fully saturated rings. The van der Waals surface area contributed by atoms with Crippen molar-refractivity contribution in [2.24, 2.45) is 0 Å². The highest BCUT2D eigenvalue weighted by Gasteiger charge is 2.16. The molecular weight excluding hydrogens is 318 g/mol. The first-order chi connectivity index (χ1) is 11.3. The molecule has 3 heterocycles. The average Bonchev–Trinajstić information content (AvgIpc) is 3.22. The van der Waals surface area contributed by atoms with E-state index in [-0.39, 0.29) is 12.5 Å². The molecule has 1 aliphatic rings. The minimum absolute atomic E-state index is 0.132. The van der Waals surface area contributed by atoms with Crippen molar-refractivity contribution in [2.75, 3.05) is 6.79 Å². The van der Waals surface area contributed by atoms with Crippen LogP contribution in [0, 0.1) is 0 Å². The number of ether oxygens (including phenoxy) is 2. The molecule has 1 aliphatic heterocycles. The number of hydrogen-bond acceptors (Lipinski definition) is 8. The number of hydrogen-bond donors (Lipinski definition) is 1. The van der Waals surface area contributed by atoms with Crippen molar-refractivity contribution in [1.82, 2.24) is 15.1 Å². The van der Waals surface area contributed by atoms with Crippen LogP contribution in [-0.2, 0) is 5.75 Å². The molecule has 8 heteroatoms. The number of rotatable bonds is 4. The maximum Gasteiger partial charge on any atom is 0.237 e. The molecule has 0 aliphatic carbocycles. The van der Waals surface area contributed by atoms with Gasteiger partial charge in [-0.1, -0.05) is 16.9 Å². The van der Waals surface area contributed by atoms with E-state index in [0.717, 1.165) is 5.56 Å². The maximum absolute atomic E-state index is 9.69. The Morgan fingerprint density at radius 3 is 3.00 bits per heavy atom. The Hall–Kier alpha value is -2.74. The molecule has 116 valence electrons. The third kappa shape index (κ3) is 2.80. The lowest BCUT2D eigenvalue weighted by atomic mass is 10.2. The molecule has 0 spiro atoms. The molecule has 3 aromatic rings. The number of pyridine rings is 1. The number of benzene rings is 1. The van der Waals surface area contributed by atoms with Crippen molar-refractivity contribution in [1.29, 1.82) is 0 Å². The highest BCUT2D eigenvalue weighted by atomic mass is 32.2. The fraction of sp³-hybridized carbons (Fsp3) is 0.133. The summed E-state index contributed by atoms with van der Waals surface area (Å²) in [4.78, 5) is 8.44. The highest BCUT2D eigenvalue weighted by Crippen LogP contribution is 2.35. The van der Waals surface area contributed by atoms with Crippen LogP contribution in [0.2, 0.25) is 0 Å². The monoisotopic (exact) mass is 329 g/mol. The van der Waals surface area contributed by atoms with Crippen LogP contribution in [0.4, 0.5) is 0 Å². The lowest BCUT2D eigenvalue weighted by Gasteiger charge is -1.99. The summed E-state index contributed by atoms with van der Waals surface area (Å²) in [6.45, 7) is 0.223. The first kappa shape index (κ1) is 13.9. The number of fused-ring (bicyclic) bond motifs is 1. The summed E-state index contributed by atoms with van der Waals surface area (Å²) in [7, 11) is 0. The minimum atomic E-state index is 0.132. The van der Waals surface area contributed by atoms with Gasteiger partial charge in [0, 0.05) is 11.8 Å². The van der Waals surface area contributed by atoms with Gasteiger partial charge in [-0.3, -0.25) is 0 Å². The van der Waals surface area contributed by atoms with Gasteiger partial charge in [0.05, 0.1) is 5.75 Å². The predicted molar refractivity (Wildman–Crippen MR) is 81.3 cm³/mol. The SMILES string of the molecule is Oc1cccnc1SCc1nc(-c2ccc3c(c2)OCO3)no1. The summed E-state index contributed by atoms with van der Waals surface area (Å²) in [6, 6.07) is 8.73. The molecule has 0 radical (unpaired) electrons. The lowest BCUT2D eigenvalue weighted by Crippen LogP contribution is -1.92. The highest BCUT2D eigenvalue weighted by molar-refractivity contribution is 7.98. The Labute approximate surface area is 135 Å². The van der Waals surface area contributed by atoms with Crippen LogP contribution in [0.25, 0.3) is 11.4 Å². The Morgan fingerprint density at radius 1 is 1.17 bits per heavy atom. The van der Waals surface area contributed by atoms with E-state index in [4.69, 9.17) is 14.0 Å². The van der Waals surface area contributed by atoms with Crippen molar-refractivity contribution >= 4 is 11.8 Å². The fourth-order valence-corrected chi connectivity index (χ4v) is 2.82. The van der Waals surface area contributed by atoms with E-state index >= 15 is 0 Å². The van der Waals surface area contributed by atoms with Crippen LogP contribution >= 0.6 is 11.8 Å². The molecule has 23 heavy (non-hydrogen) atoms. The van der Waals surface area contributed by atoms with Crippen LogP contribution in [0.15, 0.2) is 46.1 Å². The summed E-state index contributed by atoms with van der Waals surface area (Å²) in [5.41, 5.74) is 0.787. The maximum atomic E-state index is 9.69. The topological polar surface area (TPSA) is 90.5 Å². The van der Waals surface area contributed by atoms with Crippen LogP contribution in [-0.4, -0.2) is 27.0 Å². The summed E-state index contributed by atoms with van der Waals surface area (Å²) in [5, 5.41) is 14.2. The van der Waals surface area contributed by atoms with Crippen LogP contribution in [0.1, 0.15) is 5.89 Å². The standard InChI is InChI=1S/C15H11N3O4S/c19-10-2-1-5-16-15(10)23-7-13-17-14(18-22-13)9-3-4-11-12(6-9)21-8-20-11/h1-6,19H,7-8H2. The van der Waals surface area contributed by atoms with Gasteiger partial charge in [0.15, 0.2) is 11.5 Å². The number of aromatic nitrogens is 3. The summed E-state index contributed by atoms with van der Waals surface area (Å²) in [5.74, 6) is 2.85. The zero-order valence-corrected chi connectivity index (χ0v) is 12.6. The molecule has 0 bridgehead atoms. The number of nitrogens with zero attached hydrogens (tertiary/aromatic N) is 3. The van der Waals surface area contributed by atoms with Crippen molar-refractivity contribution in [3.63, 3.8) is 0 Å². The number of aromatic hydroxyl groups is 1. The largest absolute Gasteiger partial charge is 0.505 e. The molecule has 0 amide bonds. The normalized spacial score (nSPS) is 12.5. The van der Waals surface area contributed by atoms with Gasteiger partial charge in [0.1, 0.15) is 10.8 Å². The molecule has 7 nitrogen and oxygen atoms in total. The minimum Gasteiger partial charge on any atom is -0.505 e. The van der Waals surface area contributed by atoms with Crippen LogP contribution in [0.3, 0.4) is 0 Å². The second-order valence-electron chi connectivity index (χ2n) is 4.70. The van der Waals surface area contributed by atoms with Gasteiger partial charge < -0.3 is 19.1 Å². The smallest absolute Gasteiger partial charge is 0.237 e. The summed E-state index contributed by atoms with van der Waals surface area (Å²) in [6.07, 6.45) is 1.62. The van der Waals surface area contributed by atoms with Crippen molar-refractivity contribution in [3.8, 4) is 28.6 Å². The Kier molecular flexibility index (Phi) is 3.51. The van der Waals surface area contributed by atoms with E-state index in [1.54, 1.807) is 18.3 Å². The van der Waals surface area contributed by atoms with Gasteiger partial charge in [0.2, 0.25) is 18.5 Å². The van der Waals surface area contributed by atoms with E-state index in [9.17, 15) is 5.11 Å². The fourth-order valence-electron chi connectivity index (χ4n) is 2.09. The first-order valence-electron chi connectivity index (χ1n) is 6.79. The Bertz CT molecular complexity index is 852. The average molecular weight is 329 g/mol. The number of thioether (sulfide) groups is 1. The first-order valence-corrected chi connectivity index (χ1v) is 7.77. The van der Waals surface area contributed by atoms with E-state index in [1.807, 2.05) is 18.2 Å². The lowest BCUT2D eigenvalue weighted by molar-refractivity contribution is 0.174. The molecule has 4 rings (SSSR count). The predicted octanol–water partition coefficient (Wildman–Crippen LogP) is 2.86. The quantitative estimate of drug-likeness (QED) is 0.731. The second-order valence-corrected chi connectivity index (χ2v) is 5.66. The Morgan fingerprint density at radius 2 is 2.09 bits per heavy atom. The second kappa shape index (κ2) is 5.81. The molecule has 0 unspecified atom stereocenters. The summed E-state index contributed by atoms with van der Waals surface area (Å²) >= 11 is 1.33. The van der Waals surface area contributed by atoms with E-state index in [1.165, 1.54) is 11.8 Å². The molecule has 0 atom stereocenters. The Balaban J connectivity index is 1.50. The van der Waals surface area contributed by atoms with E-state index in [0.29, 0.717) is 34.0 Å². The zero-order valence-electron chi connectivity index (χ0n) is 11.8. The van der Waals surface area contributed by atoms with Crippen LogP contribution < -0.4 is 9.47 Å². The molecule has 1 aromatic carbocycles. The zero-order chi connectivity index (χ0) is 15.6. The molecular formula is C15H11N3O4S. The van der Waals surface area contributed by atoms with Crippen molar-refractivity contribution in [2.45, 2.75) is 10.8 Å². The van der Waals surface area contributed by atoms with Gasteiger partial charge in [-0.25, -0.2) is 4.98 Å². The van der Waals surface area contributed by atoms with Crippen molar-refractivity contribution in [3.05, 3.63) is 42.4 Å². The van der Waals surface area contributed by atoms with Gasteiger partial charge in [-0.05, 0) is 30.3 Å². The molecule has 0 saturated carbocycles. The van der Waals surface area contributed by atoms with E-state index in [2.05, 4.69) is 15.1 Å². The van der Waals surface area contributed by atoms with Gasteiger partial charge in [0.25, 0.3) is 0 Å². The third-order valence-corrected chi connectivity index (χ3v) is 4.16. The van der Waals surface area contributed by atoms with Gasteiger partial charge in [-0.2, -0.15) is 4.98 Å². The molecule has 0 saturated heterocycles.